The van der Waals surface area contributed by atoms with Crippen molar-refractivity contribution in [1.29, 1.82) is 0 Å². The van der Waals surface area contributed by atoms with Gasteiger partial charge in [-0.1, -0.05) is 91.0 Å². The highest BCUT2D eigenvalue weighted by Crippen LogP contribution is 2.66. The van der Waals surface area contributed by atoms with Crippen LogP contribution < -0.4 is 14.4 Å². The number of hydrogen-bond acceptors (Lipinski definition) is 12. The number of fused-ring (bicyclic) bond motifs is 4. The predicted octanol–water partition coefficient (Wildman–Crippen LogP) is 7.90. The van der Waals surface area contributed by atoms with Crippen molar-refractivity contribution in [2.75, 3.05) is 25.7 Å². The molecule has 0 bridgehead atoms. The van der Waals surface area contributed by atoms with Crippen LogP contribution in [0.5, 0.6) is 17.2 Å². The molecule has 4 aliphatic rings. The first kappa shape index (κ1) is 42.9. The van der Waals surface area contributed by atoms with Gasteiger partial charge in [0.1, 0.15) is 29.9 Å². The number of phenolic OH excluding ortho intramolecular Hbond substituents is 1. The molecule has 2 saturated heterocycles. The van der Waals surface area contributed by atoms with Gasteiger partial charge in [-0.3, -0.25) is 29.4 Å². The van der Waals surface area contributed by atoms with Crippen molar-refractivity contribution in [3.05, 3.63) is 195 Å². The first-order chi connectivity index (χ1) is 32.5. The van der Waals surface area contributed by atoms with E-state index in [0.717, 1.165) is 21.6 Å². The highest BCUT2D eigenvalue weighted by atomic mass is 16.6. The van der Waals surface area contributed by atoms with Crippen LogP contribution in [0, 0.1) is 16.0 Å². The number of anilines is 1. The summed E-state index contributed by atoms with van der Waals surface area (Å²) >= 11 is 0. The number of methoxy groups -OCH3 is 2. The van der Waals surface area contributed by atoms with Crippen LogP contribution >= 0.6 is 0 Å². The summed E-state index contributed by atoms with van der Waals surface area (Å²) in [4.78, 5) is 77.8. The first-order valence-corrected chi connectivity index (χ1v) is 21.8. The summed E-state index contributed by atoms with van der Waals surface area (Å²) in [6.45, 7) is 0.000324. The largest absolute Gasteiger partial charge is 0.508 e. The Balaban J connectivity index is 1.18. The molecule has 6 aromatic carbocycles. The fourth-order valence-electron chi connectivity index (χ4n) is 10.7. The van der Waals surface area contributed by atoms with Crippen LogP contribution in [0.15, 0.2) is 146 Å². The SMILES string of the molecule is COc1cc2c(cc1OC)CN(C(=O)[C@@H]1[C@H]3C(=O)O[C@H](c4ccccc4)[C@H](c4ccccc4)N3[C@H](c3ccc(O)cc3)[C@@]13C(=O)N(C(=O)OCc1ccc([N+](=O)[O-])cc1)c1ccccc13)CC2. The van der Waals surface area contributed by atoms with Gasteiger partial charge in [-0.2, -0.15) is 0 Å². The van der Waals surface area contributed by atoms with E-state index in [1.165, 1.54) is 43.5 Å². The molecule has 0 aliphatic carbocycles. The van der Waals surface area contributed by atoms with E-state index >= 15 is 14.4 Å². The molecule has 67 heavy (non-hydrogen) atoms. The molecule has 15 nitrogen and oxygen atoms in total. The molecular formula is C52H44N4O11. The first-order valence-electron chi connectivity index (χ1n) is 21.8. The van der Waals surface area contributed by atoms with Crippen molar-refractivity contribution in [3.8, 4) is 17.2 Å². The molecule has 1 N–H and O–H groups in total. The number of nitrogens with zero attached hydrogens (tertiary/aromatic N) is 4. The van der Waals surface area contributed by atoms with Crippen LogP contribution in [0.2, 0.25) is 0 Å². The Labute approximate surface area is 384 Å². The minimum atomic E-state index is -2.00. The normalized spacial score (nSPS) is 22.9. The average molecular weight is 901 g/mol. The van der Waals surface area contributed by atoms with Crippen LogP contribution in [-0.4, -0.2) is 70.5 Å². The number of non-ortho nitro benzene ring substituents is 1. The van der Waals surface area contributed by atoms with Crippen LogP contribution in [0.4, 0.5) is 16.2 Å². The summed E-state index contributed by atoms with van der Waals surface area (Å²) in [5.41, 5.74) is 2.42. The van der Waals surface area contributed by atoms with E-state index in [9.17, 15) is 20.0 Å². The number of amides is 3. The number of cyclic esters (lactones) is 1. The van der Waals surface area contributed by atoms with Crippen LogP contribution in [-0.2, 0) is 48.8 Å². The number of rotatable bonds is 9. The number of nitro groups is 1. The number of benzene rings is 6. The highest BCUT2D eigenvalue weighted by molar-refractivity contribution is 6.23. The van der Waals surface area contributed by atoms with Crippen molar-refractivity contribution in [2.45, 2.75) is 49.2 Å². The summed E-state index contributed by atoms with van der Waals surface area (Å²) in [5, 5.41) is 22.1. The average Bonchev–Trinajstić information content (AvgIpc) is 3.82. The number of esters is 1. The monoisotopic (exact) mass is 900 g/mol. The maximum atomic E-state index is 16.3. The number of aromatic hydroxyl groups is 1. The molecule has 0 aromatic heterocycles. The number of nitro benzene ring substituents is 1. The van der Waals surface area contributed by atoms with Gasteiger partial charge in [0.05, 0.1) is 42.8 Å². The van der Waals surface area contributed by atoms with E-state index < -0.39 is 64.4 Å². The maximum Gasteiger partial charge on any atom is 0.421 e. The summed E-state index contributed by atoms with van der Waals surface area (Å²) in [6, 6.07) is 37.7. The summed E-state index contributed by atoms with van der Waals surface area (Å²) in [7, 11) is 3.08. The molecule has 4 heterocycles. The Hall–Kier alpha value is -8.04. The minimum Gasteiger partial charge on any atom is -0.508 e. The molecule has 6 aromatic rings. The van der Waals surface area contributed by atoms with Crippen molar-refractivity contribution < 1.29 is 48.2 Å². The van der Waals surface area contributed by atoms with E-state index in [2.05, 4.69) is 0 Å². The number of carbonyl (C=O) groups excluding carboxylic acids is 4. The molecule has 0 radical (unpaired) electrons. The number of hydrogen-bond donors (Lipinski definition) is 1. The third-order valence-corrected chi connectivity index (χ3v) is 13.6. The molecule has 15 heteroatoms. The third-order valence-electron chi connectivity index (χ3n) is 13.6. The van der Waals surface area contributed by atoms with Crippen LogP contribution in [0.3, 0.4) is 0 Å². The van der Waals surface area contributed by atoms with Gasteiger partial charge in [0.2, 0.25) is 11.8 Å². The molecule has 0 saturated carbocycles. The second-order valence-corrected chi connectivity index (χ2v) is 17.0. The van der Waals surface area contributed by atoms with Gasteiger partial charge >= 0.3 is 12.1 Å². The molecule has 4 aliphatic heterocycles. The van der Waals surface area contributed by atoms with Crippen molar-refractivity contribution in [2.24, 2.45) is 5.92 Å². The van der Waals surface area contributed by atoms with E-state index in [-0.39, 0.29) is 36.8 Å². The third kappa shape index (κ3) is 7.01. The number of phenols is 1. The van der Waals surface area contributed by atoms with E-state index in [0.29, 0.717) is 40.2 Å². The fourth-order valence-corrected chi connectivity index (χ4v) is 10.7. The Morgan fingerprint density at radius 1 is 0.776 bits per heavy atom. The van der Waals surface area contributed by atoms with Gasteiger partial charge in [0, 0.05) is 25.2 Å². The number of imide groups is 1. The van der Waals surface area contributed by atoms with Gasteiger partial charge in [0.15, 0.2) is 11.5 Å². The molecule has 338 valence electrons. The molecule has 6 atom stereocenters. The van der Waals surface area contributed by atoms with E-state index in [1.54, 1.807) is 48.4 Å². The molecule has 3 amide bonds. The Morgan fingerprint density at radius 2 is 1.40 bits per heavy atom. The molecule has 1 spiro atoms. The zero-order chi connectivity index (χ0) is 46.6. The Morgan fingerprint density at radius 3 is 2.06 bits per heavy atom. The molecule has 10 rings (SSSR count). The van der Waals surface area contributed by atoms with E-state index in [4.69, 9.17) is 18.9 Å². The van der Waals surface area contributed by atoms with Crippen LogP contribution in [0.25, 0.3) is 0 Å². The lowest BCUT2D eigenvalue weighted by Gasteiger charge is -2.46. The zero-order valence-corrected chi connectivity index (χ0v) is 36.4. The Kier molecular flexibility index (Phi) is 10.9. The predicted molar refractivity (Wildman–Crippen MR) is 242 cm³/mol. The van der Waals surface area contributed by atoms with Gasteiger partial charge < -0.3 is 29.0 Å². The Bertz CT molecular complexity index is 2910. The lowest BCUT2D eigenvalue weighted by molar-refractivity contribution is -0.384. The molecular weight excluding hydrogens is 857 g/mol. The van der Waals surface area contributed by atoms with Gasteiger partial charge in [0.25, 0.3) is 5.69 Å². The van der Waals surface area contributed by atoms with Gasteiger partial charge in [-0.25, -0.2) is 9.69 Å². The smallest absolute Gasteiger partial charge is 0.421 e. The lowest BCUT2D eigenvalue weighted by Crippen LogP contribution is -2.57. The van der Waals surface area contributed by atoms with Crippen molar-refractivity contribution in [3.63, 3.8) is 0 Å². The zero-order valence-electron chi connectivity index (χ0n) is 36.4. The maximum absolute atomic E-state index is 16.3. The topological polar surface area (TPSA) is 178 Å². The highest BCUT2D eigenvalue weighted by Gasteiger charge is 2.76. The molecule has 0 unspecified atom stereocenters. The summed E-state index contributed by atoms with van der Waals surface area (Å²) in [5.74, 6) is -2.56. The van der Waals surface area contributed by atoms with E-state index in [1.807, 2.05) is 77.7 Å². The lowest BCUT2D eigenvalue weighted by atomic mass is 9.65. The van der Waals surface area contributed by atoms with Crippen molar-refractivity contribution >= 4 is 35.3 Å². The van der Waals surface area contributed by atoms with Crippen molar-refractivity contribution in [1.82, 2.24) is 9.80 Å². The second kappa shape index (κ2) is 17.1. The minimum absolute atomic E-state index is 0.0477. The molecule has 2 fully saturated rings. The fraction of sp³-hybridized carbons (Fsp3) is 0.231. The summed E-state index contributed by atoms with van der Waals surface area (Å²) < 4.78 is 23.6. The van der Waals surface area contributed by atoms with Gasteiger partial charge in [-0.15, -0.1) is 0 Å². The quantitative estimate of drug-likeness (QED) is 0.0844. The van der Waals surface area contributed by atoms with Crippen LogP contribution in [0.1, 0.15) is 57.1 Å². The number of carbonyl (C=O) groups is 4. The number of ether oxygens (including phenoxy) is 4. The number of para-hydroxylation sites is 1. The second-order valence-electron chi connectivity index (χ2n) is 17.0. The standard InChI is InChI=1S/C52H44N4O11/c1-64-41-27-35-25-26-53(29-36(35)28-42(41)65-2)48(58)43-45-49(59)67-46(33-13-7-4-8-14-33)44(32-11-5-3-6-12-32)55(45)47(34-19-23-38(57)24-20-34)52(43)39-15-9-10-16-40(39)54(50(52)60)51(61)66-30-31-17-21-37(22-18-31)56(62)63/h3-24,27-28,43-47,57H,25-26,29-30H2,1-2H3/t43-,44-,45-,46+,47+,52-/m0/s1. The number of morpholine rings is 1. The van der Waals surface area contributed by atoms with Gasteiger partial charge in [-0.05, 0) is 87.8 Å². The summed E-state index contributed by atoms with van der Waals surface area (Å²) in [6.07, 6.45) is -1.54.